The summed E-state index contributed by atoms with van der Waals surface area (Å²) in [4.78, 5) is 0. The topological polar surface area (TPSA) is 20.2 Å². The summed E-state index contributed by atoms with van der Waals surface area (Å²) in [5, 5.41) is 9.53. The lowest BCUT2D eigenvalue weighted by Crippen LogP contribution is -2.24. The van der Waals surface area contributed by atoms with Gasteiger partial charge in [0.15, 0.2) is 0 Å². The third-order valence-corrected chi connectivity index (χ3v) is 2.53. The van der Waals surface area contributed by atoms with E-state index in [9.17, 15) is 5.11 Å². The molecule has 62 valence electrons. The van der Waals surface area contributed by atoms with Crippen LogP contribution in [0.15, 0.2) is 0 Å². The standard InChI is InChI=1S/C10H16O/c1-2-3-6-9-7-4-5-8-10(9)11/h1,9-11H,3-8H2. The summed E-state index contributed by atoms with van der Waals surface area (Å²) in [5.74, 6) is 3.11. The summed E-state index contributed by atoms with van der Waals surface area (Å²) in [6.07, 6.45) is 11.5. The van der Waals surface area contributed by atoms with Crippen LogP contribution in [0, 0.1) is 18.3 Å². The van der Waals surface area contributed by atoms with Gasteiger partial charge in [0.25, 0.3) is 0 Å². The number of terminal acetylenes is 1. The van der Waals surface area contributed by atoms with Crippen molar-refractivity contribution in [3.63, 3.8) is 0 Å². The molecule has 0 heterocycles. The van der Waals surface area contributed by atoms with Crippen LogP contribution in [0.5, 0.6) is 0 Å². The molecule has 0 aromatic rings. The van der Waals surface area contributed by atoms with Crippen LogP contribution in [0.2, 0.25) is 0 Å². The Morgan fingerprint density at radius 2 is 2.09 bits per heavy atom. The SMILES string of the molecule is C#CCCC1CCCCC1O. The van der Waals surface area contributed by atoms with E-state index in [0.717, 1.165) is 19.3 Å². The normalized spacial score (nSPS) is 31.3. The highest BCUT2D eigenvalue weighted by Gasteiger charge is 2.21. The largest absolute Gasteiger partial charge is 0.393 e. The first-order chi connectivity index (χ1) is 5.34. The van der Waals surface area contributed by atoms with Crippen molar-refractivity contribution in [3.8, 4) is 12.3 Å². The minimum atomic E-state index is -0.0721. The van der Waals surface area contributed by atoms with Crippen LogP contribution in [0.4, 0.5) is 0 Å². The van der Waals surface area contributed by atoms with Gasteiger partial charge in [0.2, 0.25) is 0 Å². The molecule has 1 N–H and O–H groups in total. The van der Waals surface area contributed by atoms with Crippen LogP contribution < -0.4 is 0 Å². The number of hydrogen-bond acceptors (Lipinski definition) is 1. The van der Waals surface area contributed by atoms with Crippen molar-refractivity contribution < 1.29 is 5.11 Å². The van der Waals surface area contributed by atoms with Crippen LogP contribution >= 0.6 is 0 Å². The smallest absolute Gasteiger partial charge is 0.0568 e. The fourth-order valence-electron chi connectivity index (χ4n) is 1.79. The summed E-state index contributed by atoms with van der Waals surface area (Å²) in [5.41, 5.74) is 0. The van der Waals surface area contributed by atoms with Gasteiger partial charge in [0.05, 0.1) is 6.10 Å². The van der Waals surface area contributed by atoms with Crippen LogP contribution in [-0.2, 0) is 0 Å². The van der Waals surface area contributed by atoms with E-state index in [-0.39, 0.29) is 6.10 Å². The van der Waals surface area contributed by atoms with Crippen molar-refractivity contribution >= 4 is 0 Å². The predicted molar refractivity (Wildman–Crippen MR) is 46.0 cm³/mol. The zero-order valence-electron chi connectivity index (χ0n) is 6.92. The Balaban J connectivity index is 2.25. The molecule has 0 aromatic carbocycles. The fraction of sp³-hybridized carbons (Fsp3) is 0.800. The molecule has 0 aromatic heterocycles. The molecular formula is C10H16O. The van der Waals surface area contributed by atoms with Gasteiger partial charge in [-0.3, -0.25) is 0 Å². The maximum absolute atomic E-state index is 9.53. The Labute approximate surface area is 68.8 Å². The van der Waals surface area contributed by atoms with Crippen molar-refractivity contribution in [1.29, 1.82) is 0 Å². The highest BCUT2D eigenvalue weighted by atomic mass is 16.3. The maximum Gasteiger partial charge on any atom is 0.0568 e. The molecule has 1 rings (SSSR count). The molecule has 1 fully saturated rings. The zero-order valence-corrected chi connectivity index (χ0v) is 6.92. The lowest BCUT2D eigenvalue weighted by atomic mass is 9.84. The third kappa shape index (κ3) is 2.55. The van der Waals surface area contributed by atoms with Crippen LogP contribution in [0.1, 0.15) is 38.5 Å². The Morgan fingerprint density at radius 1 is 1.36 bits per heavy atom. The second-order valence-electron chi connectivity index (χ2n) is 3.35. The quantitative estimate of drug-likeness (QED) is 0.600. The molecule has 0 bridgehead atoms. The lowest BCUT2D eigenvalue weighted by molar-refractivity contribution is 0.0662. The average Bonchev–Trinajstić information content (AvgIpc) is 2.03. The zero-order chi connectivity index (χ0) is 8.10. The van der Waals surface area contributed by atoms with Gasteiger partial charge in [0.1, 0.15) is 0 Å². The molecule has 0 aliphatic heterocycles. The molecule has 0 spiro atoms. The van der Waals surface area contributed by atoms with Gasteiger partial charge in [-0.15, -0.1) is 12.3 Å². The summed E-state index contributed by atoms with van der Waals surface area (Å²) in [6, 6.07) is 0. The van der Waals surface area contributed by atoms with Gasteiger partial charge in [-0.05, 0) is 25.2 Å². The van der Waals surface area contributed by atoms with E-state index in [1.54, 1.807) is 0 Å². The molecule has 0 radical (unpaired) electrons. The van der Waals surface area contributed by atoms with E-state index in [1.165, 1.54) is 19.3 Å². The van der Waals surface area contributed by atoms with E-state index in [4.69, 9.17) is 6.42 Å². The van der Waals surface area contributed by atoms with E-state index in [1.807, 2.05) is 0 Å². The summed E-state index contributed by atoms with van der Waals surface area (Å²) in [7, 11) is 0. The Hall–Kier alpha value is -0.480. The van der Waals surface area contributed by atoms with Crippen LogP contribution in [0.3, 0.4) is 0 Å². The monoisotopic (exact) mass is 152 g/mol. The molecule has 2 atom stereocenters. The molecule has 0 saturated heterocycles. The van der Waals surface area contributed by atoms with Gasteiger partial charge in [-0.2, -0.15) is 0 Å². The van der Waals surface area contributed by atoms with Gasteiger partial charge < -0.3 is 5.11 Å². The predicted octanol–water partition coefficient (Wildman–Crippen LogP) is 1.95. The second-order valence-corrected chi connectivity index (χ2v) is 3.35. The Morgan fingerprint density at radius 3 is 2.73 bits per heavy atom. The van der Waals surface area contributed by atoms with Gasteiger partial charge in [0, 0.05) is 6.42 Å². The van der Waals surface area contributed by atoms with E-state index in [0.29, 0.717) is 5.92 Å². The molecule has 1 aliphatic carbocycles. The molecule has 1 aliphatic rings. The molecule has 1 saturated carbocycles. The van der Waals surface area contributed by atoms with Crippen molar-refractivity contribution in [3.05, 3.63) is 0 Å². The molecule has 0 amide bonds. The Bertz CT molecular complexity index is 145. The number of aliphatic hydroxyl groups excluding tert-OH is 1. The minimum absolute atomic E-state index is 0.0721. The van der Waals surface area contributed by atoms with Gasteiger partial charge in [-0.1, -0.05) is 12.8 Å². The van der Waals surface area contributed by atoms with Gasteiger partial charge in [-0.25, -0.2) is 0 Å². The summed E-state index contributed by atoms with van der Waals surface area (Å²) < 4.78 is 0. The van der Waals surface area contributed by atoms with E-state index in [2.05, 4.69) is 5.92 Å². The first-order valence-electron chi connectivity index (χ1n) is 4.46. The average molecular weight is 152 g/mol. The van der Waals surface area contributed by atoms with Crippen LogP contribution in [0.25, 0.3) is 0 Å². The first-order valence-corrected chi connectivity index (χ1v) is 4.46. The number of rotatable bonds is 2. The molecule has 1 heteroatoms. The number of hydrogen-bond donors (Lipinski definition) is 1. The molecule has 11 heavy (non-hydrogen) atoms. The first kappa shape index (κ1) is 8.62. The summed E-state index contributed by atoms with van der Waals surface area (Å²) >= 11 is 0. The van der Waals surface area contributed by atoms with Crippen molar-refractivity contribution in [2.75, 3.05) is 0 Å². The molecule has 1 nitrogen and oxygen atoms in total. The number of aliphatic hydroxyl groups is 1. The van der Waals surface area contributed by atoms with Crippen molar-refractivity contribution in [1.82, 2.24) is 0 Å². The molecule has 2 unspecified atom stereocenters. The highest BCUT2D eigenvalue weighted by Crippen LogP contribution is 2.27. The van der Waals surface area contributed by atoms with E-state index >= 15 is 0 Å². The third-order valence-electron chi connectivity index (χ3n) is 2.53. The minimum Gasteiger partial charge on any atom is -0.393 e. The van der Waals surface area contributed by atoms with Crippen molar-refractivity contribution in [2.45, 2.75) is 44.6 Å². The highest BCUT2D eigenvalue weighted by molar-refractivity contribution is 4.86. The second kappa shape index (κ2) is 4.41. The van der Waals surface area contributed by atoms with Crippen molar-refractivity contribution in [2.24, 2.45) is 5.92 Å². The van der Waals surface area contributed by atoms with E-state index < -0.39 is 0 Å². The summed E-state index contributed by atoms with van der Waals surface area (Å²) in [6.45, 7) is 0. The maximum atomic E-state index is 9.53. The fourth-order valence-corrected chi connectivity index (χ4v) is 1.79. The molecular weight excluding hydrogens is 136 g/mol. The Kier molecular flexibility index (Phi) is 3.45. The lowest BCUT2D eigenvalue weighted by Gasteiger charge is -2.26. The van der Waals surface area contributed by atoms with Crippen LogP contribution in [-0.4, -0.2) is 11.2 Å². The van der Waals surface area contributed by atoms with Gasteiger partial charge >= 0.3 is 0 Å².